The van der Waals surface area contributed by atoms with Crippen LogP contribution in [-0.4, -0.2) is 29.1 Å². The molecule has 0 aliphatic rings. The number of hydrogen-bond acceptors (Lipinski definition) is 4. The number of halogens is 3. The molecule has 1 N–H and O–H groups in total. The van der Waals surface area contributed by atoms with E-state index in [1.54, 1.807) is 13.0 Å². The minimum absolute atomic E-state index is 0.00630. The van der Waals surface area contributed by atoms with Crippen LogP contribution in [0.3, 0.4) is 0 Å². The third kappa shape index (κ3) is 4.59. The smallest absolute Gasteiger partial charge is 0.433 e. The number of carbonyl (C=O) groups excluding carboxylic acids is 1. The van der Waals surface area contributed by atoms with Crippen LogP contribution in [0.2, 0.25) is 0 Å². The minimum Gasteiger partial charge on any atom is -0.496 e. The first-order valence-corrected chi connectivity index (χ1v) is 7.29. The first-order chi connectivity index (χ1) is 11.7. The van der Waals surface area contributed by atoms with E-state index in [1.807, 2.05) is 0 Å². The lowest BCUT2D eigenvalue weighted by Gasteiger charge is -2.12. The Morgan fingerprint density at radius 2 is 2.04 bits per heavy atom. The van der Waals surface area contributed by atoms with Crippen molar-refractivity contribution in [2.75, 3.05) is 13.7 Å². The molecule has 2 aromatic heterocycles. The summed E-state index contributed by atoms with van der Waals surface area (Å²) in [4.78, 5) is 27.1. The minimum atomic E-state index is -4.55. The first-order valence-electron chi connectivity index (χ1n) is 7.29. The van der Waals surface area contributed by atoms with Gasteiger partial charge in [0.05, 0.1) is 12.7 Å². The molecule has 25 heavy (non-hydrogen) atoms. The van der Waals surface area contributed by atoms with Crippen LogP contribution in [0.25, 0.3) is 0 Å². The van der Waals surface area contributed by atoms with Gasteiger partial charge in [-0.2, -0.15) is 13.2 Å². The van der Waals surface area contributed by atoms with E-state index in [2.05, 4.69) is 10.3 Å². The fourth-order valence-electron chi connectivity index (χ4n) is 2.18. The number of amides is 1. The summed E-state index contributed by atoms with van der Waals surface area (Å²) in [6.07, 6.45) is -3.69. The van der Waals surface area contributed by atoms with Crippen molar-refractivity contribution in [1.29, 1.82) is 0 Å². The zero-order valence-corrected chi connectivity index (χ0v) is 13.6. The van der Waals surface area contributed by atoms with Crippen LogP contribution < -0.4 is 15.6 Å². The number of carbonyl (C=O) groups is 1. The average Bonchev–Trinajstić information content (AvgIpc) is 2.56. The van der Waals surface area contributed by atoms with Gasteiger partial charge in [0.1, 0.15) is 11.4 Å². The molecule has 0 aliphatic heterocycles. The number of alkyl halides is 3. The highest BCUT2D eigenvalue weighted by atomic mass is 19.4. The second kappa shape index (κ2) is 7.37. The van der Waals surface area contributed by atoms with Gasteiger partial charge in [0.15, 0.2) is 0 Å². The zero-order chi connectivity index (χ0) is 18.6. The molecule has 2 heterocycles. The highest BCUT2D eigenvalue weighted by Crippen LogP contribution is 2.27. The molecule has 0 spiro atoms. The molecule has 2 rings (SSSR count). The standard InChI is InChI=1S/C16H16F3N3O3/c1-10-7-12(25-2)8-14(23)22(10)6-5-20-15(24)11-3-4-13(21-9-11)16(17,18)19/h3-4,7-9H,5-6H2,1-2H3,(H,20,24). The summed E-state index contributed by atoms with van der Waals surface area (Å²) in [6, 6.07) is 4.81. The van der Waals surface area contributed by atoms with E-state index in [-0.39, 0.29) is 24.2 Å². The molecule has 0 saturated carbocycles. The van der Waals surface area contributed by atoms with Gasteiger partial charge >= 0.3 is 6.18 Å². The molecule has 2 aromatic rings. The summed E-state index contributed by atoms with van der Waals surface area (Å²) in [5, 5.41) is 2.54. The van der Waals surface area contributed by atoms with Crippen molar-refractivity contribution in [2.24, 2.45) is 0 Å². The number of methoxy groups -OCH3 is 1. The maximum absolute atomic E-state index is 12.4. The van der Waals surface area contributed by atoms with Crippen LogP contribution in [0.15, 0.2) is 35.3 Å². The monoisotopic (exact) mass is 355 g/mol. The summed E-state index contributed by atoms with van der Waals surface area (Å²) in [6.45, 7) is 2.08. The van der Waals surface area contributed by atoms with Crippen molar-refractivity contribution < 1.29 is 22.7 Å². The molecule has 0 fully saturated rings. The normalized spacial score (nSPS) is 11.2. The molecule has 134 valence electrons. The van der Waals surface area contributed by atoms with E-state index in [1.165, 1.54) is 17.7 Å². The Labute approximate surface area is 141 Å². The molecule has 0 saturated heterocycles. The maximum atomic E-state index is 12.4. The predicted molar refractivity (Wildman–Crippen MR) is 83.6 cm³/mol. The predicted octanol–water partition coefficient (Wildman–Crippen LogP) is 2.01. The van der Waals surface area contributed by atoms with Gasteiger partial charge in [0.2, 0.25) is 0 Å². The number of rotatable bonds is 5. The summed E-state index contributed by atoms with van der Waals surface area (Å²) in [7, 11) is 1.46. The highest BCUT2D eigenvalue weighted by molar-refractivity contribution is 5.93. The van der Waals surface area contributed by atoms with Gasteiger partial charge in [-0.25, -0.2) is 0 Å². The van der Waals surface area contributed by atoms with E-state index in [0.717, 1.165) is 18.3 Å². The molecule has 0 bridgehead atoms. The third-order valence-electron chi connectivity index (χ3n) is 3.48. The lowest BCUT2D eigenvalue weighted by molar-refractivity contribution is -0.141. The van der Waals surface area contributed by atoms with E-state index >= 15 is 0 Å². The second-order valence-electron chi connectivity index (χ2n) is 5.21. The Hall–Kier alpha value is -2.84. The van der Waals surface area contributed by atoms with E-state index < -0.39 is 17.8 Å². The molecule has 0 atom stereocenters. The molecular weight excluding hydrogens is 339 g/mol. The highest BCUT2D eigenvalue weighted by Gasteiger charge is 2.32. The van der Waals surface area contributed by atoms with Gasteiger partial charge in [0, 0.05) is 31.0 Å². The largest absolute Gasteiger partial charge is 0.496 e. The number of ether oxygens (including phenoxy) is 1. The van der Waals surface area contributed by atoms with Crippen molar-refractivity contribution in [3.63, 3.8) is 0 Å². The van der Waals surface area contributed by atoms with Crippen LogP contribution in [0.4, 0.5) is 13.2 Å². The Bertz CT molecular complexity index is 814. The number of hydrogen-bond donors (Lipinski definition) is 1. The van der Waals surface area contributed by atoms with Gasteiger partial charge in [-0.1, -0.05) is 0 Å². The van der Waals surface area contributed by atoms with Gasteiger partial charge in [-0.05, 0) is 25.1 Å². The third-order valence-corrected chi connectivity index (χ3v) is 3.48. The molecule has 6 nitrogen and oxygen atoms in total. The molecular formula is C16H16F3N3O3. The molecule has 0 aromatic carbocycles. The summed E-state index contributed by atoms with van der Waals surface area (Å²) in [5.74, 6) is -0.126. The van der Waals surface area contributed by atoms with Crippen LogP contribution in [-0.2, 0) is 12.7 Å². The maximum Gasteiger partial charge on any atom is 0.433 e. The van der Waals surface area contributed by atoms with Crippen molar-refractivity contribution >= 4 is 5.91 Å². The van der Waals surface area contributed by atoms with E-state index in [0.29, 0.717) is 11.4 Å². The average molecular weight is 355 g/mol. The zero-order valence-electron chi connectivity index (χ0n) is 13.6. The van der Waals surface area contributed by atoms with E-state index in [9.17, 15) is 22.8 Å². The van der Waals surface area contributed by atoms with Crippen LogP contribution in [0.5, 0.6) is 5.75 Å². The fourth-order valence-corrected chi connectivity index (χ4v) is 2.18. The van der Waals surface area contributed by atoms with E-state index in [4.69, 9.17) is 4.74 Å². The summed E-state index contributed by atoms with van der Waals surface area (Å²) in [5.41, 5.74) is -0.673. The summed E-state index contributed by atoms with van der Waals surface area (Å²) >= 11 is 0. The second-order valence-corrected chi connectivity index (χ2v) is 5.21. The molecule has 0 unspecified atom stereocenters. The quantitative estimate of drug-likeness (QED) is 0.891. The number of nitrogens with one attached hydrogen (secondary N) is 1. The Kier molecular flexibility index (Phi) is 5.45. The number of pyridine rings is 2. The molecule has 0 radical (unpaired) electrons. The Morgan fingerprint density at radius 1 is 1.32 bits per heavy atom. The molecule has 1 amide bonds. The van der Waals surface area contributed by atoms with Gasteiger partial charge < -0.3 is 14.6 Å². The molecule has 9 heteroatoms. The lowest BCUT2D eigenvalue weighted by Crippen LogP contribution is -2.31. The SMILES string of the molecule is COc1cc(C)n(CCNC(=O)c2ccc(C(F)(F)F)nc2)c(=O)c1. The van der Waals surface area contributed by atoms with Gasteiger partial charge in [0.25, 0.3) is 11.5 Å². The summed E-state index contributed by atoms with van der Waals surface area (Å²) < 4.78 is 43.8. The number of aromatic nitrogens is 2. The number of nitrogens with zero attached hydrogens (tertiary/aromatic N) is 2. The van der Waals surface area contributed by atoms with Crippen LogP contribution in [0.1, 0.15) is 21.7 Å². The van der Waals surface area contributed by atoms with Gasteiger partial charge in [-0.3, -0.25) is 14.6 Å². The Morgan fingerprint density at radius 3 is 2.56 bits per heavy atom. The van der Waals surface area contributed by atoms with Crippen molar-refractivity contribution in [1.82, 2.24) is 14.9 Å². The fraction of sp³-hybridized carbons (Fsp3) is 0.312. The lowest BCUT2D eigenvalue weighted by atomic mass is 10.2. The van der Waals surface area contributed by atoms with Crippen molar-refractivity contribution in [3.8, 4) is 5.75 Å². The van der Waals surface area contributed by atoms with Crippen LogP contribution in [0, 0.1) is 6.92 Å². The van der Waals surface area contributed by atoms with Crippen LogP contribution >= 0.6 is 0 Å². The molecule has 0 aliphatic carbocycles. The first kappa shape index (κ1) is 18.5. The van der Waals surface area contributed by atoms with Crippen molar-refractivity contribution in [3.05, 3.63) is 57.8 Å². The topological polar surface area (TPSA) is 73.2 Å². The van der Waals surface area contributed by atoms with Crippen molar-refractivity contribution in [2.45, 2.75) is 19.6 Å². The number of aryl methyl sites for hydroxylation is 1. The van der Waals surface area contributed by atoms with Gasteiger partial charge in [-0.15, -0.1) is 0 Å². The Balaban J connectivity index is 1.98.